The van der Waals surface area contributed by atoms with Crippen LogP contribution in [0.4, 0.5) is 0 Å². The minimum absolute atomic E-state index is 0.177. The molecule has 0 aliphatic heterocycles. The van der Waals surface area contributed by atoms with Crippen molar-refractivity contribution < 1.29 is 14.3 Å². The van der Waals surface area contributed by atoms with Gasteiger partial charge in [-0.1, -0.05) is 43.2 Å². The van der Waals surface area contributed by atoms with Crippen LogP contribution in [-0.2, 0) is 20.7 Å². The molecular weight excluding hydrogens is 302 g/mol. The smallest absolute Gasteiger partial charge is 0.310 e. The maximum absolute atomic E-state index is 11.4. The number of benzene rings is 1. The Hall–Kier alpha value is -1.97. The normalized spacial score (nSPS) is 14.5. The van der Waals surface area contributed by atoms with Crippen molar-refractivity contribution in [1.29, 1.82) is 0 Å². The molecule has 2 N–H and O–H groups in total. The molecule has 1 fully saturated rings. The van der Waals surface area contributed by atoms with Crippen molar-refractivity contribution in [3.05, 3.63) is 48.4 Å². The van der Waals surface area contributed by atoms with Crippen LogP contribution in [0.2, 0.25) is 0 Å². The average Bonchev–Trinajstić information content (AvgIpc) is 2.98. The SMILES string of the molecule is C=C(N)OCC1CCCC1.CC(C)(C)OC(=O)Cc1ccccc1. The molecule has 1 aromatic rings. The van der Waals surface area contributed by atoms with Gasteiger partial charge in [-0.2, -0.15) is 0 Å². The number of hydrogen-bond acceptors (Lipinski definition) is 4. The zero-order chi connectivity index (χ0) is 18.0. The first-order valence-corrected chi connectivity index (χ1v) is 8.59. The molecule has 24 heavy (non-hydrogen) atoms. The monoisotopic (exact) mass is 333 g/mol. The molecule has 0 unspecified atom stereocenters. The van der Waals surface area contributed by atoms with Gasteiger partial charge in [-0.3, -0.25) is 4.79 Å². The first-order chi connectivity index (χ1) is 11.3. The van der Waals surface area contributed by atoms with Crippen LogP contribution >= 0.6 is 0 Å². The van der Waals surface area contributed by atoms with Crippen molar-refractivity contribution in [2.75, 3.05) is 6.61 Å². The van der Waals surface area contributed by atoms with Crippen LogP contribution in [-0.4, -0.2) is 18.2 Å². The van der Waals surface area contributed by atoms with Gasteiger partial charge < -0.3 is 15.2 Å². The van der Waals surface area contributed by atoms with E-state index in [2.05, 4.69) is 6.58 Å². The summed E-state index contributed by atoms with van der Waals surface area (Å²) in [5, 5.41) is 0. The number of rotatable bonds is 5. The van der Waals surface area contributed by atoms with Crippen LogP contribution in [0.25, 0.3) is 0 Å². The van der Waals surface area contributed by atoms with Crippen LogP contribution in [0.3, 0.4) is 0 Å². The van der Waals surface area contributed by atoms with Gasteiger partial charge in [0.2, 0.25) is 0 Å². The second-order valence-electron chi connectivity index (χ2n) is 7.18. The van der Waals surface area contributed by atoms with Crippen molar-refractivity contribution in [3.8, 4) is 0 Å². The fraction of sp³-hybridized carbons (Fsp3) is 0.550. The third-order valence-electron chi connectivity index (χ3n) is 3.59. The topological polar surface area (TPSA) is 61.6 Å². The van der Waals surface area contributed by atoms with E-state index in [1.54, 1.807) is 0 Å². The standard InChI is InChI=1S/C12H16O2.C8H15NO/c1-12(2,3)14-11(13)9-10-7-5-4-6-8-10;1-7(9)10-6-8-4-2-3-5-8/h4-8H,9H2,1-3H3;8H,1-6,9H2. The molecular formula is C20H31NO3. The highest BCUT2D eigenvalue weighted by atomic mass is 16.6. The Kier molecular flexibility index (Phi) is 8.37. The Morgan fingerprint density at radius 3 is 2.29 bits per heavy atom. The van der Waals surface area contributed by atoms with Crippen LogP contribution in [0.15, 0.2) is 42.8 Å². The molecule has 1 aromatic carbocycles. The molecule has 1 saturated carbocycles. The Bertz CT molecular complexity index is 499. The molecule has 4 heteroatoms. The van der Waals surface area contributed by atoms with Crippen LogP contribution in [0, 0.1) is 5.92 Å². The summed E-state index contributed by atoms with van der Waals surface area (Å²) in [6.45, 7) is 9.86. The molecule has 0 spiro atoms. The number of nitrogens with two attached hydrogens (primary N) is 1. The van der Waals surface area contributed by atoms with Gasteiger partial charge >= 0.3 is 5.97 Å². The van der Waals surface area contributed by atoms with Gasteiger partial charge in [-0.25, -0.2) is 0 Å². The Morgan fingerprint density at radius 2 is 1.79 bits per heavy atom. The van der Waals surface area contributed by atoms with Crippen molar-refractivity contribution in [3.63, 3.8) is 0 Å². The number of ether oxygens (including phenoxy) is 2. The summed E-state index contributed by atoms with van der Waals surface area (Å²) >= 11 is 0. The van der Waals surface area contributed by atoms with Gasteiger partial charge in [0.15, 0.2) is 5.88 Å². The fourth-order valence-corrected chi connectivity index (χ4v) is 2.54. The van der Waals surface area contributed by atoms with Crippen LogP contribution < -0.4 is 5.73 Å². The second kappa shape index (κ2) is 10.0. The molecule has 0 atom stereocenters. The lowest BCUT2D eigenvalue weighted by Crippen LogP contribution is -2.24. The zero-order valence-corrected chi connectivity index (χ0v) is 15.2. The maximum atomic E-state index is 11.4. The largest absolute Gasteiger partial charge is 0.480 e. The van der Waals surface area contributed by atoms with E-state index in [-0.39, 0.29) is 5.97 Å². The molecule has 2 rings (SSSR count). The van der Waals surface area contributed by atoms with Gasteiger partial charge in [0, 0.05) is 0 Å². The average molecular weight is 333 g/mol. The van der Waals surface area contributed by atoms with E-state index in [9.17, 15) is 4.79 Å². The van der Waals surface area contributed by atoms with Gasteiger partial charge in [0.25, 0.3) is 0 Å². The summed E-state index contributed by atoms with van der Waals surface area (Å²) in [7, 11) is 0. The maximum Gasteiger partial charge on any atom is 0.310 e. The number of hydrogen-bond donors (Lipinski definition) is 1. The molecule has 0 bridgehead atoms. The summed E-state index contributed by atoms with van der Waals surface area (Å²) in [6, 6.07) is 9.60. The van der Waals surface area contributed by atoms with Gasteiger partial charge in [0.05, 0.1) is 13.0 Å². The third kappa shape index (κ3) is 9.93. The molecule has 4 nitrogen and oxygen atoms in total. The zero-order valence-electron chi connectivity index (χ0n) is 15.2. The lowest BCUT2D eigenvalue weighted by Gasteiger charge is -2.19. The predicted molar refractivity (Wildman–Crippen MR) is 97.2 cm³/mol. The minimum Gasteiger partial charge on any atom is -0.480 e. The van der Waals surface area contributed by atoms with Crippen LogP contribution in [0.1, 0.15) is 52.0 Å². The number of esters is 1. The quantitative estimate of drug-likeness (QED) is 0.648. The number of carbonyl (C=O) groups excluding carboxylic acids is 1. The number of carbonyl (C=O) groups is 1. The summed E-state index contributed by atoms with van der Waals surface area (Å²) in [5.74, 6) is 0.913. The molecule has 1 aliphatic rings. The minimum atomic E-state index is -0.397. The van der Waals surface area contributed by atoms with E-state index < -0.39 is 5.60 Å². The van der Waals surface area contributed by atoms with Gasteiger partial charge in [-0.15, -0.1) is 0 Å². The van der Waals surface area contributed by atoms with Crippen molar-refractivity contribution in [2.24, 2.45) is 11.7 Å². The Morgan fingerprint density at radius 1 is 1.21 bits per heavy atom. The third-order valence-corrected chi connectivity index (χ3v) is 3.59. The van der Waals surface area contributed by atoms with E-state index in [0.29, 0.717) is 12.3 Å². The lowest BCUT2D eigenvalue weighted by atomic mass is 10.1. The van der Waals surface area contributed by atoms with Crippen LogP contribution in [0.5, 0.6) is 0 Å². The highest BCUT2D eigenvalue weighted by Gasteiger charge is 2.16. The molecule has 0 amide bonds. The molecule has 1 aliphatic carbocycles. The predicted octanol–water partition coefficient (Wildman–Crippen LogP) is 4.19. The second-order valence-corrected chi connectivity index (χ2v) is 7.18. The Balaban J connectivity index is 0.000000254. The summed E-state index contributed by atoms with van der Waals surface area (Å²) < 4.78 is 10.3. The fourth-order valence-electron chi connectivity index (χ4n) is 2.54. The van der Waals surface area contributed by atoms with E-state index in [1.165, 1.54) is 25.7 Å². The molecule has 134 valence electrons. The first kappa shape index (κ1) is 20.1. The summed E-state index contributed by atoms with van der Waals surface area (Å²) in [4.78, 5) is 11.4. The highest BCUT2D eigenvalue weighted by molar-refractivity contribution is 5.72. The van der Waals surface area contributed by atoms with Crippen molar-refractivity contribution in [1.82, 2.24) is 0 Å². The molecule has 0 radical (unpaired) electrons. The Labute approximate surface area is 146 Å². The molecule has 0 saturated heterocycles. The lowest BCUT2D eigenvalue weighted by molar-refractivity contribution is -0.153. The molecule has 0 heterocycles. The van der Waals surface area contributed by atoms with Crippen molar-refractivity contribution in [2.45, 2.75) is 58.5 Å². The van der Waals surface area contributed by atoms with E-state index in [4.69, 9.17) is 15.2 Å². The summed E-state index contributed by atoms with van der Waals surface area (Å²) in [6.07, 6.45) is 5.65. The highest BCUT2D eigenvalue weighted by Crippen LogP contribution is 2.24. The first-order valence-electron chi connectivity index (χ1n) is 8.59. The summed E-state index contributed by atoms with van der Waals surface area (Å²) in [5.41, 5.74) is 5.84. The van der Waals surface area contributed by atoms with Gasteiger partial charge in [0.1, 0.15) is 5.60 Å². The molecule has 0 aromatic heterocycles. The van der Waals surface area contributed by atoms with Crippen molar-refractivity contribution >= 4 is 5.97 Å². The van der Waals surface area contributed by atoms with E-state index in [0.717, 1.165) is 18.1 Å². The van der Waals surface area contributed by atoms with E-state index in [1.807, 2.05) is 51.1 Å². The van der Waals surface area contributed by atoms with E-state index >= 15 is 0 Å². The van der Waals surface area contributed by atoms with Gasteiger partial charge in [-0.05, 0) is 51.7 Å².